The van der Waals surface area contributed by atoms with Crippen LogP contribution in [-0.2, 0) is 26.8 Å². The highest BCUT2D eigenvalue weighted by Crippen LogP contribution is 2.23. The molecule has 1 aromatic heterocycles. The van der Waals surface area contributed by atoms with Crippen molar-refractivity contribution >= 4 is 16.0 Å². The van der Waals surface area contributed by atoms with E-state index in [-0.39, 0.29) is 11.4 Å². The topological polar surface area (TPSA) is 108 Å². The minimum atomic E-state index is -3.76. The summed E-state index contributed by atoms with van der Waals surface area (Å²) < 4.78 is 27.4. The first-order valence-corrected chi connectivity index (χ1v) is 8.64. The van der Waals surface area contributed by atoms with E-state index >= 15 is 0 Å². The summed E-state index contributed by atoms with van der Waals surface area (Å²) in [6.07, 6.45) is 2.39. The number of nitrogens with one attached hydrogen (secondary N) is 1. The summed E-state index contributed by atoms with van der Waals surface area (Å²) >= 11 is 0. The fourth-order valence-corrected chi connectivity index (χ4v) is 3.05. The monoisotopic (exact) mass is 351 g/mol. The van der Waals surface area contributed by atoms with Crippen LogP contribution in [0.5, 0.6) is 0 Å². The predicted molar refractivity (Wildman–Crippen MR) is 85.0 cm³/mol. The van der Waals surface area contributed by atoms with Gasteiger partial charge in [0.15, 0.2) is 4.90 Å². The molecule has 2 aromatic rings. The van der Waals surface area contributed by atoms with Crippen molar-refractivity contribution in [2.24, 2.45) is 0 Å². The number of carboxylic acid groups (broad SMARTS) is 1. The van der Waals surface area contributed by atoms with Crippen molar-refractivity contribution in [1.29, 1.82) is 0 Å². The van der Waals surface area contributed by atoms with Crippen LogP contribution in [0.2, 0.25) is 0 Å². The summed E-state index contributed by atoms with van der Waals surface area (Å²) in [6.45, 7) is 3.26. The number of carbonyl (C=O) groups is 1. The van der Waals surface area contributed by atoms with Crippen LogP contribution in [0.1, 0.15) is 25.0 Å². The van der Waals surface area contributed by atoms with Crippen LogP contribution in [0.3, 0.4) is 0 Å². The largest absolute Gasteiger partial charge is 0.481 e. The summed E-state index contributed by atoms with van der Waals surface area (Å²) in [5.74, 6) is -0.933. The molecular weight excluding hydrogens is 332 g/mol. The Balaban J connectivity index is 2.11. The lowest BCUT2D eigenvalue weighted by molar-refractivity contribution is -0.906. The second kappa shape index (κ2) is 6.58. The minimum absolute atomic E-state index is 0.0520. The molecule has 0 aliphatic carbocycles. The number of rotatable bonds is 6. The van der Waals surface area contributed by atoms with Crippen LogP contribution in [-0.4, -0.2) is 24.7 Å². The zero-order valence-electron chi connectivity index (χ0n) is 13.3. The number of hydrogen-bond acceptors (Lipinski definition) is 4. The number of aliphatic carboxylic acids is 1. The first kappa shape index (κ1) is 17.9. The molecule has 8 heteroatoms. The van der Waals surface area contributed by atoms with E-state index in [0.717, 1.165) is 6.20 Å². The molecule has 0 bridgehead atoms. The van der Waals surface area contributed by atoms with Crippen molar-refractivity contribution in [1.82, 2.24) is 4.72 Å². The number of pyridine rings is 1. The summed E-state index contributed by atoms with van der Waals surface area (Å²) in [4.78, 5) is 11.2. The molecule has 0 aliphatic rings. The Kier molecular flexibility index (Phi) is 4.91. The molecule has 0 spiro atoms. The van der Waals surface area contributed by atoms with E-state index in [2.05, 4.69) is 4.72 Å². The Hall–Kier alpha value is -2.45. The Morgan fingerprint density at radius 1 is 1.21 bits per heavy atom. The molecule has 0 unspecified atom stereocenters. The molecule has 0 amide bonds. The van der Waals surface area contributed by atoms with Crippen molar-refractivity contribution in [3.63, 3.8) is 0 Å². The van der Waals surface area contributed by atoms with Crippen LogP contribution in [0.25, 0.3) is 0 Å². The van der Waals surface area contributed by atoms with Crippen molar-refractivity contribution in [3.05, 3.63) is 59.9 Å². The molecule has 0 saturated heterocycles. The minimum Gasteiger partial charge on any atom is -0.481 e. The van der Waals surface area contributed by atoms with Gasteiger partial charge in [0.05, 0.1) is 5.41 Å². The maximum Gasteiger partial charge on any atom is 0.313 e. The average Bonchev–Trinajstić information content (AvgIpc) is 2.53. The molecule has 2 rings (SSSR count). The molecule has 3 N–H and O–H groups in total. The van der Waals surface area contributed by atoms with E-state index in [0.29, 0.717) is 15.9 Å². The quantitative estimate of drug-likeness (QED) is 0.533. The highest BCUT2D eigenvalue weighted by molar-refractivity contribution is 7.89. The third-order valence-electron chi connectivity index (χ3n) is 3.75. The summed E-state index contributed by atoms with van der Waals surface area (Å²) in [5, 5.41) is 18.5. The van der Waals surface area contributed by atoms with Gasteiger partial charge >= 0.3 is 5.97 Å². The van der Waals surface area contributed by atoms with E-state index in [1.807, 2.05) is 0 Å². The molecular formula is C16H19N2O5S+. The van der Waals surface area contributed by atoms with E-state index < -0.39 is 21.4 Å². The molecule has 7 nitrogen and oxygen atoms in total. The first-order valence-electron chi connectivity index (χ1n) is 7.16. The van der Waals surface area contributed by atoms with Gasteiger partial charge in [-0.1, -0.05) is 24.3 Å². The van der Waals surface area contributed by atoms with Gasteiger partial charge in [0, 0.05) is 17.3 Å². The fraction of sp³-hybridized carbons (Fsp3) is 0.250. The molecule has 0 atom stereocenters. The zero-order valence-corrected chi connectivity index (χ0v) is 14.1. The third-order valence-corrected chi connectivity index (χ3v) is 5.13. The summed E-state index contributed by atoms with van der Waals surface area (Å²) in [7, 11) is -3.76. The predicted octanol–water partition coefficient (Wildman–Crippen LogP) is 1.05. The number of carboxylic acids is 1. The molecule has 128 valence electrons. The van der Waals surface area contributed by atoms with Gasteiger partial charge in [0.2, 0.25) is 22.4 Å². The molecule has 0 saturated carbocycles. The van der Waals surface area contributed by atoms with Gasteiger partial charge in [0.25, 0.3) is 0 Å². The molecule has 1 heterocycles. The van der Waals surface area contributed by atoms with Crippen molar-refractivity contribution in [2.45, 2.75) is 30.7 Å². The van der Waals surface area contributed by atoms with Gasteiger partial charge < -0.3 is 5.11 Å². The zero-order chi connectivity index (χ0) is 18.0. The first-order chi connectivity index (χ1) is 11.1. The normalized spacial score (nSPS) is 12.1. The van der Waals surface area contributed by atoms with Gasteiger partial charge in [-0.3, -0.25) is 10.0 Å². The van der Waals surface area contributed by atoms with Gasteiger partial charge in [-0.15, -0.1) is 0 Å². The fourth-order valence-electron chi connectivity index (χ4n) is 2.03. The molecule has 24 heavy (non-hydrogen) atoms. The average molecular weight is 351 g/mol. The lowest BCUT2D eigenvalue weighted by atomic mass is 9.84. The number of aromatic nitrogens is 1. The second-order valence-electron chi connectivity index (χ2n) is 5.87. The van der Waals surface area contributed by atoms with E-state index in [1.165, 1.54) is 18.3 Å². The van der Waals surface area contributed by atoms with E-state index in [1.54, 1.807) is 38.1 Å². The Bertz CT molecular complexity index is 845. The van der Waals surface area contributed by atoms with E-state index in [4.69, 9.17) is 0 Å². The number of hydrogen-bond donors (Lipinski definition) is 3. The standard InChI is InChI=1S/C16H18N2O5S/c1-16(2,15(19)20)13-7-5-12(6-8-13)10-17-24(22,23)14-4-3-9-18(21)11-14/h3-9,11,17H,10H2,1-2H3,(H-,19,20,21)/p+1. The van der Waals surface area contributed by atoms with Crippen LogP contribution in [0, 0.1) is 0 Å². The number of benzene rings is 1. The Morgan fingerprint density at radius 3 is 2.38 bits per heavy atom. The smallest absolute Gasteiger partial charge is 0.313 e. The maximum atomic E-state index is 12.2. The summed E-state index contributed by atoms with van der Waals surface area (Å²) in [5.41, 5.74) is 0.305. The second-order valence-corrected chi connectivity index (χ2v) is 7.64. The van der Waals surface area contributed by atoms with E-state index in [9.17, 15) is 23.5 Å². The van der Waals surface area contributed by atoms with Crippen LogP contribution >= 0.6 is 0 Å². The molecule has 0 fully saturated rings. The SMILES string of the molecule is CC(C)(C(=O)O)c1ccc(CNS(=O)(=O)c2ccc[n+](O)c2)cc1. The van der Waals surface area contributed by atoms with Crippen molar-refractivity contribution in [2.75, 3.05) is 0 Å². The van der Waals surface area contributed by atoms with Gasteiger partial charge in [-0.05, 0) is 31.0 Å². The number of sulfonamides is 1. The maximum absolute atomic E-state index is 12.2. The summed E-state index contributed by atoms with van der Waals surface area (Å²) in [6, 6.07) is 9.48. The van der Waals surface area contributed by atoms with Crippen molar-refractivity contribution in [3.8, 4) is 0 Å². The van der Waals surface area contributed by atoms with Gasteiger partial charge in [-0.2, -0.15) is 0 Å². The highest BCUT2D eigenvalue weighted by atomic mass is 32.2. The van der Waals surface area contributed by atoms with Gasteiger partial charge in [0.1, 0.15) is 0 Å². The lowest BCUT2D eigenvalue weighted by Crippen LogP contribution is -2.32. The van der Waals surface area contributed by atoms with Crippen LogP contribution < -0.4 is 9.45 Å². The Morgan fingerprint density at radius 2 is 1.83 bits per heavy atom. The Labute approximate surface area is 140 Å². The lowest BCUT2D eigenvalue weighted by Gasteiger charge is -2.19. The van der Waals surface area contributed by atoms with Crippen LogP contribution in [0.15, 0.2) is 53.7 Å². The van der Waals surface area contributed by atoms with Crippen LogP contribution in [0.4, 0.5) is 0 Å². The third kappa shape index (κ3) is 3.90. The highest BCUT2D eigenvalue weighted by Gasteiger charge is 2.29. The molecule has 0 aliphatic heterocycles. The van der Waals surface area contributed by atoms with Gasteiger partial charge in [-0.25, -0.2) is 13.1 Å². The molecule has 0 radical (unpaired) electrons. The van der Waals surface area contributed by atoms with Crippen molar-refractivity contribution < 1.29 is 28.3 Å². The number of nitrogens with zero attached hydrogens (tertiary/aromatic N) is 1. The molecule has 1 aromatic carbocycles.